The van der Waals surface area contributed by atoms with Crippen LogP contribution in [0.15, 0.2) is 24.3 Å². The van der Waals surface area contributed by atoms with Gasteiger partial charge in [-0.3, -0.25) is 9.59 Å². The van der Waals surface area contributed by atoms with Gasteiger partial charge < -0.3 is 15.0 Å². The van der Waals surface area contributed by atoms with Gasteiger partial charge >= 0.3 is 0 Å². The first-order valence-electron chi connectivity index (χ1n) is 6.61. The number of anilines is 1. The molecule has 112 valence electrons. The van der Waals surface area contributed by atoms with Gasteiger partial charge in [0, 0.05) is 39.2 Å². The van der Waals surface area contributed by atoms with Gasteiger partial charge in [0.2, 0.25) is 11.8 Å². The third-order valence-corrected chi connectivity index (χ3v) is 2.92. The first-order valence-corrected chi connectivity index (χ1v) is 6.61. The minimum atomic E-state index is -0.177. The Morgan fingerprint density at radius 3 is 2.48 bits per heavy atom. The summed E-state index contributed by atoms with van der Waals surface area (Å²) in [6, 6.07) is 8.62. The Morgan fingerprint density at radius 2 is 1.95 bits per heavy atom. The zero-order valence-electron chi connectivity index (χ0n) is 12.3. The van der Waals surface area contributed by atoms with Gasteiger partial charge in [-0.05, 0) is 24.3 Å². The van der Waals surface area contributed by atoms with Crippen molar-refractivity contribution in [3.05, 3.63) is 29.8 Å². The van der Waals surface area contributed by atoms with Gasteiger partial charge in [-0.15, -0.1) is 0 Å². The van der Waals surface area contributed by atoms with Gasteiger partial charge in [0.05, 0.1) is 18.2 Å². The summed E-state index contributed by atoms with van der Waals surface area (Å²) in [7, 11) is 1.57. The Hall–Kier alpha value is -2.39. The Morgan fingerprint density at radius 1 is 1.29 bits per heavy atom. The van der Waals surface area contributed by atoms with Crippen LogP contribution in [0.2, 0.25) is 0 Å². The molecule has 6 nitrogen and oxygen atoms in total. The molecule has 1 rings (SSSR count). The molecule has 1 aromatic carbocycles. The fraction of sp³-hybridized carbons (Fsp3) is 0.400. The van der Waals surface area contributed by atoms with E-state index in [2.05, 4.69) is 5.32 Å². The van der Waals surface area contributed by atoms with Crippen molar-refractivity contribution in [2.45, 2.75) is 13.3 Å². The molecule has 0 saturated heterocycles. The summed E-state index contributed by atoms with van der Waals surface area (Å²) < 4.78 is 4.93. The van der Waals surface area contributed by atoms with Gasteiger partial charge in [0.25, 0.3) is 0 Å². The molecule has 21 heavy (non-hydrogen) atoms. The zero-order valence-corrected chi connectivity index (χ0v) is 12.3. The van der Waals surface area contributed by atoms with Crippen LogP contribution in [0.4, 0.5) is 5.69 Å². The predicted octanol–water partition coefficient (Wildman–Crippen LogP) is 1.38. The smallest absolute Gasteiger partial charge is 0.226 e. The van der Waals surface area contributed by atoms with Crippen LogP contribution in [0.3, 0.4) is 0 Å². The van der Waals surface area contributed by atoms with Crippen LogP contribution in [0.1, 0.15) is 18.9 Å². The van der Waals surface area contributed by atoms with E-state index >= 15 is 0 Å². The van der Waals surface area contributed by atoms with Crippen LogP contribution in [0, 0.1) is 11.3 Å². The first-order chi connectivity index (χ1) is 10.1. The Bertz CT molecular complexity index is 520. The van der Waals surface area contributed by atoms with Crippen molar-refractivity contribution < 1.29 is 14.3 Å². The quantitative estimate of drug-likeness (QED) is 0.822. The topological polar surface area (TPSA) is 82.4 Å². The van der Waals surface area contributed by atoms with Crippen molar-refractivity contribution in [2.24, 2.45) is 0 Å². The number of amides is 2. The maximum atomic E-state index is 11.8. The normalized spacial score (nSPS) is 9.76. The van der Waals surface area contributed by atoms with Gasteiger partial charge in [0.1, 0.15) is 0 Å². The first kappa shape index (κ1) is 16.7. The van der Waals surface area contributed by atoms with Crippen LogP contribution in [0.25, 0.3) is 0 Å². The molecule has 0 aliphatic rings. The second-order valence-corrected chi connectivity index (χ2v) is 4.49. The standard InChI is InChI=1S/C15H19N3O3/c1-12(19)18(9-10-21-2)8-7-15(20)17-14-5-3-13(11-16)4-6-14/h3-6H,7-10H2,1-2H3,(H,17,20). The zero-order chi connectivity index (χ0) is 15.7. The monoisotopic (exact) mass is 289 g/mol. The third-order valence-electron chi connectivity index (χ3n) is 2.92. The Kier molecular flexibility index (Phi) is 6.92. The predicted molar refractivity (Wildman–Crippen MR) is 78.5 cm³/mol. The number of carbonyl (C=O) groups is 2. The van der Waals surface area contributed by atoms with Crippen molar-refractivity contribution in [1.29, 1.82) is 5.26 Å². The largest absolute Gasteiger partial charge is 0.383 e. The van der Waals surface area contributed by atoms with E-state index in [9.17, 15) is 9.59 Å². The Balaban J connectivity index is 2.45. The van der Waals surface area contributed by atoms with E-state index in [4.69, 9.17) is 10.00 Å². The molecule has 6 heteroatoms. The van der Waals surface area contributed by atoms with Gasteiger partial charge in [-0.1, -0.05) is 0 Å². The summed E-state index contributed by atoms with van der Waals surface area (Å²) in [5.41, 5.74) is 1.17. The van der Waals surface area contributed by atoms with Gasteiger partial charge in [-0.2, -0.15) is 5.26 Å². The average molecular weight is 289 g/mol. The van der Waals surface area contributed by atoms with Crippen LogP contribution < -0.4 is 5.32 Å². The molecule has 0 atom stereocenters. The number of hydrogen-bond acceptors (Lipinski definition) is 4. The molecule has 0 fully saturated rings. The molecular formula is C15H19N3O3. The van der Waals surface area contributed by atoms with Crippen LogP contribution >= 0.6 is 0 Å². The number of benzene rings is 1. The molecule has 0 aliphatic carbocycles. The molecule has 0 radical (unpaired) electrons. The van der Waals surface area contributed by atoms with E-state index < -0.39 is 0 Å². The molecule has 0 saturated carbocycles. The van der Waals surface area contributed by atoms with E-state index in [1.807, 2.05) is 6.07 Å². The molecule has 0 bridgehead atoms. The molecule has 2 amide bonds. The fourth-order valence-electron chi connectivity index (χ4n) is 1.72. The number of ether oxygens (including phenoxy) is 1. The van der Waals surface area contributed by atoms with Crippen molar-refractivity contribution in [3.63, 3.8) is 0 Å². The van der Waals surface area contributed by atoms with E-state index in [0.29, 0.717) is 30.9 Å². The maximum Gasteiger partial charge on any atom is 0.226 e. The van der Waals surface area contributed by atoms with Gasteiger partial charge in [-0.25, -0.2) is 0 Å². The molecule has 1 aromatic rings. The SMILES string of the molecule is COCCN(CCC(=O)Nc1ccc(C#N)cc1)C(C)=O. The highest BCUT2D eigenvalue weighted by atomic mass is 16.5. The van der Waals surface area contributed by atoms with Crippen LogP contribution in [-0.4, -0.2) is 43.5 Å². The number of nitriles is 1. The van der Waals surface area contributed by atoms with Crippen molar-refractivity contribution in [1.82, 2.24) is 4.90 Å². The number of nitrogens with one attached hydrogen (secondary N) is 1. The number of nitrogens with zero attached hydrogens (tertiary/aromatic N) is 2. The highest BCUT2D eigenvalue weighted by molar-refractivity contribution is 5.91. The number of methoxy groups -OCH3 is 1. The molecule has 0 aromatic heterocycles. The highest BCUT2D eigenvalue weighted by Gasteiger charge is 2.11. The van der Waals surface area contributed by atoms with Gasteiger partial charge in [0.15, 0.2) is 0 Å². The van der Waals surface area contributed by atoms with E-state index in [-0.39, 0.29) is 18.2 Å². The molecular weight excluding hydrogens is 270 g/mol. The summed E-state index contributed by atoms with van der Waals surface area (Å²) in [5.74, 6) is -0.262. The second-order valence-electron chi connectivity index (χ2n) is 4.49. The molecule has 0 unspecified atom stereocenters. The fourth-order valence-corrected chi connectivity index (χ4v) is 1.72. The number of carbonyl (C=O) groups excluding carboxylic acids is 2. The summed E-state index contributed by atoms with van der Waals surface area (Å²) >= 11 is 0. The van der Waals surface area contributed by atoms with E-state index in [1.54, 1.807) is 36.3 Å². The summed E-state index contributed by atoms with van der Waals surface area (Å²) in [4.78, 5) is 24.8. The number of hydrogen-bond donors (Lipinski definition) is 1. The van der Waals surface area contributed by atoms with E-state index in [1.165, 1.54) is 6.92 Å². The second kappa shape index (κ2) is 8.72. The summed E-state index contributed by atoms with van der Waals surface area (Å²) in [6.45, 7) is 2.72. The lowest BCUT2D eigenvalue weighted by Gasteiger charge is -2.20. The summed E-state index contributed by atoms with van der Waals surface area (Å²) in [6.07, 6.45) is 0.212. The molecule has 0 heterocycles. The summed E-state index contributed by atoms with van der Waals surface area (Å²) in [5, 5.41) is 11.4. The maximum absolute atomic E-state index is 11.8. The van der Waals surface area contributed by atoms with Crippen molar-refractivity contribution in [2.75, 3.05) is 32.1 Å². The highest BCUT2D eigenvalue weighted by Crippen LogP contribution is 2.09. The van der Waals surface area contributed by atoms with Crippen molar-refractivity contribution in [3.8, 4) is 6.07 Å². The minimum Gasteiger partial charge on any atom is -0.383 e. The molecule has 0 aliphatic heterocycles. The molecule has 1 N–H and O–H groups in total. The number of rotatable bonds is 7. The minimum absolute atomic E-state index is 0.0850. The lowest BCUT2D eigenvalue weighted by atomic mass is 10.2. The van der Waals surface area contributed by atoms with Crippen molar-refractivity contribution >= 4 is 17.5 Å². The lowest BCUT2D eigenvalue weighted by Crippen LogP contribution is -2.34. The van der Waals surface area contributed by atoms with Crippen LogP contribution in [0.5, 0.6) is 0 Å². The van der Waals surface area contributed by atoms with Crippen LogP contribution in [-0.2, 0) is 14.3 Å². The molecule has 0 spiro atoms. The average Bonchev–Trinajstić information content (AvgIpc) is 2.47. The van der Waals surface area contributed by atoms with E-state index in [0.717, 1.165) is 0 Å². The Labute approximate surface area is 124 Å². The third kappa shape index (κ3) is 6.06. The lowest BCUT2D eigenvalue weighted by molar-refractivity contribution is -0.130.